The first kappa shape index (κ1) is 10.9. The summed E-state index contributed by atoms with van der Waals surface area (Å²) < 4.78 is 2.01. The number of rotatable bonds is 2. The average Bonchev–Trinajstić information content (AvgIpc) is 2.41. The van der Waals surface area contributed by atoms with Crippen LogP contribution in [0, 0.1) is 0 Å². The SMILES string of the molecule is CC1=[N+](CC(N)=O)c2ccccc2C1(C)C. The molecule has 16 heavy (non-hydrogen) atoms. The van der Waals surface area contributed by atoms with Gasteiger partial charge >= 0.3 is 0 Å². The Balaban J connectivity index is 2.59. The molecule has 0 radical (unpaired) electrons. The second-order valence-corrected chi connectivity index (χ2v) is 4.78. The van der Waals surface area contributed by atoms with E-state index >= 15 is 0 Å². The van der Waals surface area contributed by atoms with Crippen LogP contribution in [0.15, 0.2) is 24.3 Å². The molecule has 0 aliphatic carbocycles. The second kappa shape index (κ2) is 3.44. The van der Waals surface area contributed by atoms with Crippen LogP contribution >= 0.6 is 0 Å². The minimum absolute atomic E-state index is 0.0218. The van der Waals surface area contributed by atoms with E-state index in [0.717, 1.165) is 5.69 Å². The van der Waals surface area contributed by atoms with E-state index in [2.05, 4.69) is 26.8 Å². The van der Waals surface area contributed by atoms with Crippen molar-refractivity contribution in [3.8, 4) is 0 Å². The molecular weight excluding hydrogens is 200 g/mol. The van der Waals surface area contributed by atoms with Gasteiger partial charge in [0.2, 0.25) is 12.2 Å². The fraction of sp³-hybridized carbons (Fsp3) is 0.385. The lowest BCUT2D eigenvalue weighted by molar-refractivity contribution is -0.426. The number of hydrogen-bond donors (Lipinski definition) is 1. The Kier molecular flexibility index (Phi) is 2.34. The van der Waals surface area contributed by atoms with E-state index in [9.17, 15) is 4.79 Å². The quantitative estimate of drug-likeness (QED) is 0.751. The average molecular weight is 217 g/mol. The molecule has 1 heterocycles. The van der Waals surface area contributed by atoms with Crippen molar-refractivity contribution in [3.05, 3.63) is 29.8 Å². The largest absolute Gasteiger partial charge is 0.364 e. The molecule has 0 aromatic heterocycles. The number of benzene rings is 1. The summed E-state index contributed by atoms with van der Waals surface area (Å²) in [6.45, 7) is 6.65. The van der Waals surface area contributed by atoms with Crippen LogP contribution in [0.1, 0.15) is 26.3 Å². The van der Waals surface area contributed by atoms with Gasteiger partial charge in [-0.3, -0.25) is 4.79 Å². The van der Waals surface area contributed by atoms with Crippen LogP contribution in [-0.2, 0) is 10.2 Å². The highest BCUT2D eigenvalue weighted by atomic mass is 16.1. The molecule has 0 fully saturated rings. The van der Waals surface area contributed by atoms with Crippen molar-refractivity contribution in [1.29, 1.82) is 0 Å². The number of amides is 1. The predicted molar refractivity (Wildman–Crippen MR) is 64.1 cm³/mol. The number of fused-ring (bicyclic) bond motifs is 1. The molecule has 1 aliphatic rings. The Bertz CT molecular complexity index is 486. The van der Waals surface area contributed by atoms with E-state index in [0.29, 0.717) is 0 Å². The van der Waals surface area contributed by atoms with Crippen LogP contribution < -0.4 is 5.73 Å². The molecule has 84 valence electrons. The van der Waals surface area contributed by atoms with Gasteiger partial charge in [-0.1, -0.05) is 18.2 Å². The van der Waals surface area contributed by atoms with Crippen LogP contribution in [0.2, 0.25) is 0 Å². The topological polar surface area (TPSA) is 46.1 Å². The number of nitrogens with two attached hydrogens (primary N) is 1. The van der Waals surface area contributed by atoms with E-state index in [-0.39, 0.29) is 17.9 Å². The molecule has 0 spiro atoms. The molecule has 1 amide bonds. The monoisotopic (exact) mass is 217 g/mol. The summed E-state index contributed by atoms with van der Waals surface area (Å²) in [5.41, 5.74) is 8.80. The summed E-state index contributed by atoms with van der Waals surface area (Å²) >= 11 is 0. The van der Waals surface area contributed by atoms with Gasteiger partial charge in [0.05, 0.1) is 5.41 Å². The van der Waals surface area contributed by atoms with Gasteiger partial charge in [-0.15, -0.1) is 0 Å². The molecule has 2 rings (SSSR count). The molecule has 0 atom stereocenters. The molecule has 0 saturated carbocycles. The molecule has 0 bridgehead atoms. The van der Waals surface area contributed by atoms with Gasteiger partial charge in [0, 0.05) is 18.6 Å². The first-order valence-corrected chi connectivity index (χ1v) is 5.44. The number of para-hydroxylation sites is 1. The molecule has 1 aliphatic heterocycles. The number of primary amides is 1. The van der Waals surface area contributed by atoms with Gasteiger partial charge < -0.3 is 5.73 Å². The van der Waals surface area contributed by atoms with Gasteiger partial charge in [0.25, 0.3) is 5.91 Å². The highest BCUT2D eigenvalue weighted by Gasteiger charge is 2.42. The predicted octanol–water partition coefficient (Wildman–Crippen LogP) is 1.57. The van der Waals surface area contributed by atoms with Crippen LogP contribution in [0.4, 0.5) is 5.69 Å². The smallest absolute Gasteiger partial charge is 0.283 e. The van der Waals surface area contributed by atoms with Crippen molar-refractivity contribution >= 4 is 17.3 Å². The zero-order valence-corrected chi connectivity index (χ0v) is 9.95. The van der Waals surface area contributed by atoms with Crippen molar-refractivity contribution in [3.63, 3.8) is 0 Å². The van der Waals surface area contributed by atoms with Crippen molar-refractivity contribution < 1.29 is 9.37 Å². The third-order valence-corrected chi connectivity index (χ3v) is 3.49. The standard InChI is InChI=1S/C13H16N2O/c1-9-13(2,3)10-6-4-5-7-11(10)15(9)8-12(14)16/h4-7H,8H2,1-3H3,(H-,14,16)/p+1. The molecule has 0 saturated heterocycles. The first-order valence-electron chi connectivity index (χ1n) is 5.44. The highest BCUT2D eigenvalue weighted by Crippen LogP contribution is 2.38. The lowest BCUT2D eigenvalue weighted by atomic mass is 9.82. The van der Waals surface area contributed by atoms with Crippen molar-refractivity contribution in [1.82, 2.24) is 0 Å². The van der Waals surface area contributed by atoms with Gasteiger partial charge in [-0.2, -0.15) is 4.58 Å². The maximum absolute atomic E-state index is 11.1. The Morgan fingerprint density at radius 3 is 2.62 bits per heavy atom. The summed E-state index contributed by atoms with van der Waals surface area (Å²) in [6.07, 6.45) is 0. The molecule has 0 unspecified atom stereocenters. The summed E-state index contributed by atoms with van der Waals surface area (Å²) in [5.74, 6) is -0.299. The molecule has 1 aromatic carbocycles. The van der Waals surface area contributed by atoms with E-state index in [1.165, 1.54) is 11.3 Å². The highest BCUT2D eigenvalue weighted by molar-refractivity contribution is 5.94. The van der Waals surface area contributed by atoms with E-state index in [1.54, 1.807) is 0 Å². The zero-order valence-electron chi connectivity index (χ0n) is 9.95. The third kappa shape index (κ3) is 1.43. The van der Waals surface area contributed by atoms with Crippen LogP contribution in [0.5, 0.6) is 0 Å². The van der Waals surface area contributed by atoms with E-state index in [1.807, 2.05) is 22.8 Å². The Labute approximate surface area is 95.6 Å². The Morgan fingerprint density at radius 1 is 1.38 bits per heavy atom. The third-order valence-electron chi connectivity index (χ3n) is 3.49. The fourth-order valence-electron chi connectivity index (χ4n) is 2.31. The zero-order chi connectivity index (χ0) is 11.9. The fourth-order valence-corrected chi connectivity index (χ4v) is 2.31. The van der Waals surface area contributed by atoms with Crippen molar-refractivity contribution in [2.75, 3.05) is 6.54 Å². The minimum atomic E-state index is -0.299. The molecule has 1 aromatic rings. The maximum Gasteiger partial charge on any atom is 0.283 e. The lowest BCUT2D eigenvalue weighted by Crippen LogP contribution is -2.30. The van der Waals surface area contributed by atoms with Crippen molar-refractivity contribution in [2.24, 2.45) is 5.73 Å². The van der Waals surface area contributed by atoms with E-state index in [4.69, 9.17) is 5.73 Å². The maximum atomic E-state index is 11.1. The summed E-state index contributed by atoms with van der Waals surface area (Å²) in [6, 6.07) is 8.17. The normalized spacial score (nSPS) is 17.4. The van der Waals surface area contributed by atoms with Crippen LogP contribution in [0.25, 0.3) is 0 Å². The van der Waals surface area contributed by atoms with Gasteiger partial charge in [0.1, 0.15) is 0 Å². The number of nitrogens with zero attached hydrogens (tertiary/aromatic N) is 1. The summed E-state index contributed by atoms with van der Waals surface area (Å²) in [7, 11) is 0. The van der Waals surface area contributed by atoms with Gasteiger partial charge in [0.15, 0.2) is 5.71 Å². The van der Waals surface area contributed by atoms with Gasteiger partial charge in [-0.05, 0) is 13.8 Å². The molecule has 2 N–H and O–H groups in total. The van der Waals surface area contributed by atoms with Crippen LogP contribution in [0.3, 0.4) is 0 Å². The molecular formula is C13H17N2O+. The molecule has 3 heteroatoms. The minimum Gasteiger partial charge on any atom is -0.364 e. The lowest BCUT2D eigenvalue weighted by Gasteiger charge is -2.14. The second-order valence-electron chi connectivity index (χ2n) is 4.78. The summed E-state index contributed by atoms with van der Waals surface area (Å²) in [4.78, 5) is 11.1. The van der Waals surface area contributed by atoms with Crippen LogP contribution in [-0.4, -0.2) is 22.7 Å². The Hall–Kier alpha value is -1.64. The summed E-state index contributed by atoms with van der Waals surface area (Å²) in [5, 5.41) is 0. The number of hydrogen-bond acceptors (Lipinski definition) is 1. The Morgan fingerprint density at radius 2 is 2.00 bits per heavy atom. The molecule has 3 nitrogen and oxygen atoms in total. The number of carbonyl (C=O) groups is 1. The van der Waals surface area contributed by atoms with E-state index < -0.39 is 0 Å². The number of carbonyl (C=O) groups excluding carboxylic acids is 1. The van der Waals surface area contributed by atoms with Gasteiger partial charge in [-0.25, -0.2) is 0 Å². The van der Waals surface area contributed by atoms with Crippen molar-refractivity contribution in [2.45, 2.75) is 26.2 Å². The first-order chi connectivity index (χ1) is 7.44.